The van der Waals surface area contributed by atoms with Crippen molar-refractivity contribution in [2.75, 3.05) is 13.2 Å². The Morgan fingerprint density at radius 3 is 2.00 bits per heavy atom. The Kier molecular flexibility index (Phi) is 6.79. The molecule has 0 atom stereocenters. The molecule has 3 N–H and O–H groups in total. The number of carbonyl (C=O) groups excluding carboxylic acids is 1. The van der Waals surface area contributed by atoms with Gasteiger partial charge in [0, 0.05) is 12.5 Å². The van der Waals surface area contributed by atoms with Crippen LogP contribution in [-0.2, 0) is 9.63 Å². The van der Waals surface area contributed by atoms with Gasteiger partial charge in [0.15, 0.2) is 6.61 Å². The number of rotatable bonds is 8. The van der Waals surface area contributed by atoms with Gasteiger partial charge in [0.2, 0.25) is 0 Å². The smallest absolute Gasteiger partial charge is 0.338 e. The van der Waals surface area contributed by atoms with Crippen molar-refractivity contribution in [2.45, 2.75) is 12.3 Å². The van der Waals surface area contributed by atoms with Gasteiger partial charge in [-0.15, -0.1) is 0 Å². The molecule has 0 radical (unpaired) electrons. The molecule has 0 heterocycles. The highest BCUT2D eigenvalue weighted by Gasteiger charge is 2.14. The maximum absolute atomic E-state index is 11.5. The van der Waals surface area contributed by atoms with Crippen molar-refractivity contribution in [1.82, 2.24) is 10.8 Å². The molecule has 2 rings (SSSR count). The molecule has 0 fully saturated rings. The molecule has 2 amide bonds. The monoisotopic (exact) mass is 328 g/mol. The molecule has 0 aliphatic carbocycles. The van der Waals surface area contributed by atoms with E-state index in [9.17, 15) is 9.59 Å². The van der Waals surface area contributed by atoms with Crippen LogP contribution in [0.25, 0.3) is 0 Å². The Morgan fingerprint density at radius 2 is 1.50 bits per heavy atom. The summed E-state index contributed by atoms with van der Waals surface area (Å²) in [6, 6.07) is 19.6. The molecule has 6 heteroatoms. The van der Waals surface area contributed by atoms with Crippen molar-refractivity contribution in [3.63, 3.8) is 0 Å². The molecule has 0 aromatic heterocycles. The van der Waals surface area contributed by atoms with E-state index in [4.69, 9.17) is 5.11 Å². The maximum atomic E-state index is 11.5. The minimum Gasteiger partial charge on any atom is -0.479 e. The van der Waals surface area contributed by atoms with Gasteiger partial charge in [0.05, 0.1) is 0 Å². The largest absolute Gasteiger partial charge is 0.479 e. The van der Waals surface area contributed by atoms with Crippen LogP contribution in [0.1, 0.15) is 23.5 Å². The summed E-state index contributed by atoms with van der Waals surface area (Å²) in [7, 11) is 0. The second-order valence-corrected chi connectivity index (χ2v) is 5.20. The summed E-state index contributed by atoms with van der Waals surface area (Å²) in [5.41, 5.74) is 4.38. The zero-order chi connectivity index (χ0) is 17.2. The fraction of sp³-hybridized carbons (Fsp3) is 0.222. The van der Waals surface area contributed by atoms with Crippen LogP contribution in [0.2, 0.25) is 0 Å². The fourth-order valence-electron chi connectivity index (χ4n) is 2.43. The van der Waals surface area contributed by atoms with E-state index in [1.807, 2.05) is 41.9 Å². The van der Waals surface area contributed by atoms with E-state index in [2.05, 4.69) is 34.4 Å². The van der Waals surface area contributed by atoms with Crippen LogP contribution in [-0.4, -0.2) is 30.3 Å². The number of carbonyl (C=O) groups is 2. The topological polar surface area (TPSA) is 87.7 Å². The number of carboxylic acid groups (broad SMARTS) is 1. The first-order valence-electron chi connectivity index (χ1n) is 7.64. The van der Waals surface area contributed by atoms with Crippen molar-refractivity contribution in [3.8, 4) is 0 Å². The van der Waals surface area contributed by atoms with Crippen LogP contribution >= 0.6 is 0 Å². The zero-order valence-electron chi connectivity index (χ0n) is 13.1. The van der Waals surface area contributed by atoms with Gasteiger partial charge in [-0.1, -0.05) is 60.7 Å². The number of hydrogen-bond acceptors (Lipinski definition) is 3. The molecule has 0 saturated carbocycles. The molecular formula is C18H20N2O4. The lowest BCUT2D eigenvalue weighted by atomic mass is 9.88. The lowest BCUT2D eigenvalue weighted by Gasteiger charge is -2.18. The van der Waals surface area contributed by atoms with Gasteiger partial charge >= 0.3 is 12.0 Å². The van der Waals surface area contributed by atoms with Crippen molar-refractivity contribution in [3.05, 3.63) is 71.8 Å². The third kappa shape index (κ3) is 5.73. The number of aliphatic carboxylic acids is 1. The predicted octanol–water partition coefficient (Wildman–Crippen LogP) is 2.52. The Morgan fingerprint density at radius 1 is 0.958 bits per heavy atom. The fourth-order valence-corrected chi connectivity index (χ4v) is 2.43. The number of carboxylic acids is 1. The summed E-state index contributed by atoms with van der Waals surface area (Å²) in [6.07, 6.45) is 0.709. The van der Waals surface area contributed by atoms with Crippen LogP contribution in [0.5, 0.6) is 0 Å². The Balaban J connectivity index is 1.90. The number of nitrogens with one attached hydrogen (secondary N) is 2. The Labute approximate surface area is 140 Å². The van der Waals surface area contributed by atoms with Crippen LogP contribution in [0, 0.1) is 0 Å². The number of amides is 2. The Bertz CT molecular complexity index is 607. The van der Waals surface area contributed by atoms with Crippen LogP contribution in [0.3, 0.4) is 0 Å². The number of benzene rings is 2. The second-order valence-electron chi connectivity index (χ2n) is 5.20. The van der Waals surface area contributed by atoms with E-state index in [-0.39, 0.29) is 5.92 Å². The standard InChI is InChI=1S/C18H20N2O4/c21-17(22)13-24-20-18(23)19-12-11-16(14-7-3-1-4-8-14)15-9-5-2-6-10-15/h1-10,16H,11-13H2,(H,21,22)(H2,19,20,23). The van der Waals surface area contributed by atoms with Crippen molar-refractivity contribution in [2.24, 2.45) is 0 Å². The zero-order valence-corrected chi connectivity index (χ0v) is 13.1. The molecule has 0 aliphatic heterocycles. The van der Waals surface area contributed by atoms with E-state index >= 15 is 0 Å². The summed E-state index contributed by atoms with van der Waals surface area (Å²) >= 11 is 0. The Hall–Kier alpha value is -2.86. The van der Waals surface area contributed by atoms with Crippen molar-refractivity contribution >= 4 is 12.0 Å². The van der Waals surface area contributed by atoms with Gasteiger partial charge in [-0.05, 0) is 17.5 Å². The summed E-state index contributed by atoms with van der Waals surface area (Å²) in [5, 5.41) is 11.1. The highest BCUT2D eigenvalue weighted by Crippen LogP contribution is 2.27. The van der Waals surface area contributed by atoms with Crippen LogP contribution in [0.4, 0.5) is 4.79 Å². The lowest BCUT2D eigenvalue weighted by molar-refractivity contribution is -0.144. The van der Waals surface area contributed by atoms with Gasteiger partial charge in [-0.25, -0.2) is 15.1 Å². The highest BCUT2D eigenvalue weighted by molar-refractivity contribution is 5.73. The van der Waals surface area contributed by atoms with Gasteiger partial charge in [0.25, 0.3) is 0 Å². The average Bonchev–Trinajstić information content (AvgIpc) is 2.60. The van der Waals surface area contributed by atoms with Gasteiger partial charge in [-0.2, -0.15) is 0 Å². The SMILES string of the molecule is O=C(O)CONC(=O)NCCC(c1ccccc1)c1ccccc1. The molecule has 0 spiro atoms. The van der Waals surface area contributed by atoms with E-state index in [1.165, 1.54) is 11.1 Å². The van der Waals surface area contributed by atoms with Gasteiger partial charge < -0.3 is 10.4 Å². The molecule has 2 aromatic carbocycles. The summed E-state index contributed by atoms with van der Waals surface area (Å²) in [5.74, 6) is -0.990. The quantitative estimate of drug-likeness (QED) is 0.650. The minimum absolute atomic E-state index is 0.160. The molecule has 0 saturated heterocycles. The maximum Gasteiger partial charge on any atom is 0.338 e. The van der Waals surface area contributed by atoms with Gasteiger partial charge in [0.1, 0.15) is 0 Å². The average molecular weight is 328 g/mol. The minimum atomic E-state index is -1.15. The van der Waals surface area contributed by atoms with Crippen LogP contribution < -0.4 is 10.8 Å². The number of urea groups is 1. The van der Waals surface area contributed by atoms with Crippen molar-refractivity contribution < 1.29 is 19.5 Å². The summed E-state index contributed by atoms with van der Waals surface area (Å²) in [6.45, 7) is -0.152. The molecule has 2 aromatic rings. The third-order valence-corrected chi connectivity index (χ3v) is 3.48. The molecule has 0 unspecified atom stereocenters. The molecular weight excluding hydrogens is 308 g/mol. The number of hydrogen-bond donors (Lipinski definition) is 3. The first-order chi connectivity index (χ1) is 11.7. The molecule has 126 valence electrons. The van der Waals surface area contributed by atoms with Crippen LogP contribution in [0.15, 0.2) is 60.7 Å². The first kappa shape index (κ1) is 17.5. The normalized spacial score (nSPS) is 10.4. The van der Waals surface area contributed by atoms with E-state index in [1.54, 1.807) is 0 Å². The van der Waals surface area contributed by atoms with E-state index in [0.717, 1.165) is 0 Å². The predicted molar refractivity (Wildman–Crippen MR) is 89.5 cm³/mol. The first-order valence-corrected chi connectivity index (χ1v) is 7.64. The third-order valence-electron chi connectivity index (χ3n) is 3.48. The summed E-state index contributed by atoms with van der Waals surface area (Å²) in [4.78, 5) is 26.4. The number of hydroxylamine groups is 1. The molecule has 24 heavy (non-hydrogen) atoms. The van der Waals surface area contributed by atoms with E-state index in [0.29, 0.717) is 13.0 Å². The molecule has 6 nitrogen and oxygen atoms in total. The van der Waals surface area contributed by atoms with Crippen molar-refractivity contribution in [1.29, 1.82) is 0 Å². The van der Waals surface area contributed by atoms with E-state index < -0.39 is 18.6 Å². The molecule has 0 aliphatic rings. The molecule has 0 bridgehead atoms. The summed E-state index contributed by atoms with van der Waals surface area (Å²) < 4.78 is 0. The lowest BCUT2D eigenvalue weighted by Crippen LogP contribution is -2.37. The van der Waals surface area contributed by atoms with Gasteiger partial charge in [-0.3, -0.25) is 4.84 Å². The second kappa shape index (κ2) is 9.32. The highest BCUT2D eigenvalue weighted by atomic mass is 16.7.